The molecule has 8 nitrogen and oxygen atoms in total. The molecule has 172 valence electrons. The molecule has 0 aromatic carbocycles. The third-order valence-corrected chi connectivity index (χ3v) is 6.02. The van der Waals surface area contributed by atoms with Gasteiger partial charge < -0.3 is 26.0 Å². The molecule has 2 saturated heterocycles. The largest absolute Gasteiger partial charge is 0.480 e. The van der Waals surface area contributed by atoms with Gasteiger partial charge >= 0.3 is 12.0 Å². The van der Waals surface area contributed by atoms with Crippen LogP contribution in [0.3, 0.4) is 0 Å². The number of aliphatic carboxylic acids is 1. The van der Waals surface area contributed by atoms with Gasteiger partial charge in [-0.2, -0.15) is 0 Å². The summed E-state index contributed by atoms with van der Waals surface area (Å²) in [5, 5.41) is 18.4. The Bertz CT molecular complexity index is 481. The van der Waals surface area contributed by atoms with Gasteiger partial charge in [-0.25, -0.2) is 4.79 Å². The Balaban J connectivity index is 0.00000261. The summed E-state index contributed by atoms with van der Waals surface area (Å²) in [6.07, 6.45) is 6.09. The van der Waals surface area contributed by atoms with Crippen LogP contribution in [0.4, 0.5) is 4.79 Å². The fourth-order valence-electron chi connectivity index (χ4n) is 4.40. The maximum absolute atomic E-state index is 12.5. The van der Waals surface area contributed by atoms with E-state index >= 15 is 0 Å². The number of halogens is 3. The van der Waals surface area contributed by atoms with E-state index in [-0.39, 0.29) is 61.9 Å². The monoisotopic (exact) mass is 475 g/mol. The standard InChI is InChI=1S/C18H33N5O3.3ClH/c24-17(25)13-20-14-1-3-15(4-2-14)21-18(26)23-11-9-22(10-12-23)16-5-7-19-8-6-16;;;/h14-16,19-20H,1-13H2,(H,21,26)(H,24,25);3*1H. The number of hydrogen-bond acceptors (Lipinski definition) is 5. The van der Waals surface area contributed by atoms with Gasteiger partial charge in [-0.1, -0.05) is 0 Å². The summed E-state index contributed by atoms with van der Waals surface area (Å²) in [7, 11) is 0. The lowest BCUT2D eigenvalue weighted by Gasteiger charge is -2.41. The van der Waals surface area contributed by atoms with Crippen molar-refractivity contribution in [1.29, 1.82) is 0 Å². The first-order chi connectivity index (χ1) is 12.6. The van der Waals surface area contributed by atoms with E-state index in [4.69, 9.17) is 5.11 Å². The first-order valence-electron chi connectivity index (χ1n) is 10.1. The summed E-state index contributed by atoms with van der Waals surface area (Å²) in [4.78, 5) is 27.7. The molecular weight excluding hydrogens is 441 g/mol. The number of carbonyl (C=O) groups is 2. The molecule has 1 aliphatic carbocycles. The van der Waals surface area contributed by atoms with Crippen molar-refractivity contribution in [2.45, 2.75) is 56.7 Å². The summed E-state index contributed by atoms with van der Waals surface area (Å²) in [5.41, 5.74) is 0. The molecule has 3 rings (SSSR count). The number of amides is 2. The minimum Gasteiger partial charge on any atom is -0.480 e. The van der Waals surface area contributed by atoms with Crippen LogP contribution in [-0.4, -0.2) is 90.8 Å². The minimum absolute atomic E-state index is 0. The molecule has 2 aliphatic heterocycles. The predicted molar refractivity (Wildman–Crippen MR) is 121 cm³/mol. The SMILES string of the molecule is Cl.Cl.Cl.O=C(O)CNC1CCC(NC(=O)N2CCN(C3CCNCC3)CC2)CC1. The van der Waals surface area contributed by atoms with E-state index in [1.807, 2.05) is 4.90 Å². The molecule has 1 saturated carbocycles. The van der Waals surface area contributed by atoms with E-state index in [9.17, 15) is 9.59 Å². The summed E-state index contributed by atoms with van der Waals surface area (Å²) in [5.74, 6) is -0.816. The summed E-state index contributed by atoms with van der Waals surface area (Å²) in [6, 6.07) is 1.22. The minimum atomic E-state index is -0.816. The molecule has 0 spiro atoms. The zero-order valence-electron chi connectivity index (χ0n) is 16.8. The third kappa shape index (κ3) is 9.02. The number of piperazine rings is 1. The van der Waals surface area contributed by atoms with Crippen LogP contribution in [-0.2, 0) is 4.79 Å². The number of rotatable bonds is 5. The fraction of sp³-hybridized carbons (Fsp3) is 0.889. The van der Waals surface area contributed by atoms with Gasteiger partial charge in [0.25, 0.3) is 0 Å². The van der Waals surface area contributed by atoms with Crippen LogP contribution >= 0.6 is 37.2 Å². The average molecular weight is 477 g/mol. The lowest BCUT2D eigenvalue weighted by molar-refractivity contribution is -0.136. The van der Waals surface area contributed by atoms with Gasteiger partial charge in [0, 0.05) is 44.3 Å². The first-order valence-corrected chi connectivity index (χ1v) is 10.1. The Kier molecular flexibility index (Phi) is 14.2. The second-order valence-electron chi connectivity index (χ2n) is 7.78. The van der Waals surface area contributed by atoms with Gasteiger partial charge in [-0.15, -0.1) is 37.2 Å². The number of hydrogen-bond donors (Lipinski definition) is 4. The molecule has 2 amide bonds. The topological polar surface area (TPSA) is 96.9 Å². The van der Waals surface area contributed by atoms with Crippen LogP contribution < -0.4 is 16.0 Å². The Hall–Kier alpha value is -0.510. The Labute approximate surface area is 192 Å². The van der Waals surface area contributed by atoms with Gasteiger partial charge in [0.1, 0.15) is 0 Å². The summed E-state index contributed by atoms with van der Waals surface area (Å²) >= 11 is 0. The molecule has 3 aliphatic rings. The van der Waals surface area contributed by atoms with Crippen LogP contribution in [0.15, 0.2) is 0 Å². The van der Waals surface area contributed by atoms with Crippen molar-refractivity contribution in [2.24, 2.45) is 0 Å². The van der Waals surface area contributed by atoms with Crippen molar-refractivity contribution in [3.05, 3.63) is 0 Å². The molecule has 3 fully saturated rings. The first kappa shape index (κ1) is 28.5. The van der Waals surface area contributed by atoms with E-state index in [1.54, 1.807) is 0 Å². The zero-order valence-corrected chi connectivity index (χ0v) is 19.3. The van der Waals surface area contributed by atoms with Gasteiger partial charge in [0.15, 0.2) is 0 Å². The fourth-order valence-corrected chi connectivity index (χ4v) is 4.40. The number of carbonyl (C=O) groups excluding carboxylic acids is 1. The Morgan fingerprint density at radius 1 is 0.862 bits per heavy atom. The predicted octanol–water partition coefficient (Wildman–Crippen LogP) is 1.32. The molecule has 0 bridgehead atoms. The number of carboxylic acid groups (broad SMARTS) is 1. The Morgan fingerprint density at radius 2 is 1.41 bits per heavy atom. The molecule has 4 N–H and O–H groups in total. The lowest BCUT2D eigenvalue weighted by atomic mass is 9.91. The van der Waals surface area contributed by atoms with Crippen LogP contribution in [0.25, 0.3) is 0 Å². The van der Waals surface area contributed by atoms with E-state index in [2.05, 4.69) is 20.9 Å². The van der Waals surface area contributed by atoms with Gasteiger partial charge in [0.05, 0.1) is 6.54 Å². The molecule has 0 aromatic heterocycles. The van der Waals surface area contributed by atoms with Gasteiger partial charge in [0.2, 0.25) is 0 Å². The van der Waals surface area contributed by atoms with E-state index in [1.165, 1.54) is 12.8 Å². The normalized spacial score (nSPS) is 25.7. The molecule has 2 heterocycles. The van der Waals surface area contributed by atoms with Crippen LogP contribution in [0, 0.1) is 0 Å². The molecule has 29 heavy (non-hydrogen) atoms. The van der Waals surface area contributed by atoms with Gasteiger partial charge in [-0.05, 0) is 51.6 Å². The number of nitrogens with one attached hydrogen (secondary N) is 3. The molecule has 11 heteroatoms. The molecule has 0 atom stereocenters. The summed E-state index contributed by atoms with van der Waals surface area (Å²) in [6.45, 7) is 5.80. The number of piperidine rings is 1. The van der Waals surface area contributed by atoms with Gasteiger partial charge in [-0.3, -0.25) is 9.69 Å². The molecular formula is C18H36Cl3N5O3. The van der Waals surface area contributed by atoms with E-state index in [0.717, 1.165) is 65.0 Å². The van der Waals surface area contributed by atoms with E-state index < -0.39 is 5.97 Å². The maximum Gasteiger partial charge on any atom is 0.317 e. The molecule has 0 unspecified atom stereocenters. The van der Waals surface area contributed by atoms with E-state index in [0.29, 0.717) is 6.04 Å². The molecule has 0 aromatic rings. The van der Waals surface area contributed by atoms with Crippen molar-refractivity contribution in [3.8, 4) is 0 Å². The number of nitrogens with zero attached hydrogens (tertiary/aromatic N) is 2. The number of urea groups is 1. The second kappa shape index (κ2) is 14.5. The maximum atomic E-state index is 12.5. The van der Waals surface area contributed by atoms with Crippen molar-refractivity contribution in [3.63, 3.8) is 0 Å². The quantitative estimate of drug-likeness (QED) is 0.478. The summed E-state index contributed by atoms with van der Waals surface area (Å²) < 4.78 is 0. The average Bonchev–Trinajstić information content (AvgIpc) is 2.68. The second-order valence-corrected chi connectivity index (χ2v) is 7.78. The van der Waals surface area contributed by atoms with Crippen molar-refractivity contribution in [2.75, 3.05) is 45.8 Å². The number of carboxylic acids is 1. The highest BCUT2D eigenvalue weighted by atomic mass is 35.5. The van der Waals surface area contributed by atoms with Crippen LogP contribution in [0.1, 0.15) is 38.5 Å². The highest BCUT2D eigenvalue weighted by molar-refractivity contribution is 5.86. The van der Waals surface area contributed by atoms with Crippen LogP contribution in [0.5, 0.6) is 0 Å². The van der Waals surface area contributed by atoms with Crippen molar-refractivity contribution in [1.82, 2.24) is 25.8 Å². The highest BCUT2D eigenvalue weighted by Crippen LogP contribution is 2.19. The van der Waals surface area contributed by atoms with Crippen molar-refractivity contribution >= 4 is 49.2 Å². The zero-order chi connectivity index (χ0) is 18.4. The van der Waals surface area contributed by atoms with Crippen molar-refractivity contribution < 1.29 is 14.7 Å². The molecule has 0 radical (unpaired) electrons. The van der Waals surface area contributed by atoms with Crippen LogP contribution in [0.2, 0.25) is 0 Å². The third-order valence-electron chi connectivity index (χ3n) is 6.02. The Morgan fingerprint density at radius 3 is 1.97 bits per heavy atom. The lowest BCUT2D eigenvalue weighted by Crippen LogP contribution is -2.57. The smallest absolute Gasteiger partial charge is 0.317 e. The highest BCUT2D eigenvalue weighted by Gasteiger charge is 2.29.